The van der Waals surface area contributed by atoms with E-state index in [0.717, 1.165) is 13.0 Å². The van der Waals surface area contributed by atoms with Crippen LogP contribution < -0.4 is 5.32 Å². The van der Waals surface area contributed by atoms with Gasteiger partial charge in [-0.3, -0.25) is 14.9 Å². The first-order valence-corrected chi connectivity index (χ1v) is 5.23. The molecule has 1 aromatic rings. The second-order valence-corrected chi connectivity index (χ2v) is 3.48. The van der Waals surface area contributed by atoms with Crippen molar-refractivity contribution >= 4 is 18.0 Å². The number of benzene rings is 1. The molecule has 0 aliphatic heterocycles. The van der Waals surface area contributed by atoms with Gasteiger partial charge in [-0.05, 0) is 31.6 Å². The first-order chi connectivity index (χ1) is 8.19. The molecule has 0 fully saturated rings. The Labute approximate surface area is 99.3 Å². The molecule has 5 nitrogen and oxygen atoms in total. The average molecular weight is 234 g/mol. The molecule has 0 saturated carbocycles. The first kappa shape index (κ1) is 13.1. The summed E-state index contributed by atoms with van der Waals surface area (Å²) in [5.74, 6) is 0. The fraction of sp³-hybridized carbons (Fsp3) is 0.250. The summed E-state index contributed by atoms with van der Waals surface area (Å²) in [6.07, 6.45) is 5.19. The zero-order valence-corrected chi connectivity index (χ0v) is 9.55. The quantitative estimate of drug-likeness (QED) is 0.354. The third kappa shape index (κ3) is 3.81. The molecule has 0 radical (unpaired) electrons. The highest BCUT2D eigenvalue weighted by Crippen LogP contribution is 2.17. The fourth-order valence-corrected chi connectivity index (χ4v) is 1.37. The summed E-state index contributed by atoms with van der Waals surface area (Å²) >= 11 is 0. The van der Waals surface area contributed by atoms with Gasteiger partial charge in [0.05, 0.1) is 4.92 Å². The van der Waals surface area contributed by atoms with Crippen molar-refractivity contribution in [1.82, 2.24) is 5.32 Å². The van der Waals surface area contributed by atoms with Crippen molar-refractivity contribution in [3.63, 3.8) is 0 Å². The molecule has 0 heterocycles. The van der Waals surface area contributed by atoms with Gasteiger partial charge in [0.2, 0.25) is 0 Å². The van der Waals surface area contributed by atoms with E-state index in [9.17, 15) is 14.9 Å². The number of carbonyl (C=O) groups excluding carboxylic acids is 1. The van der Waals surface area contributed by atoms with Gasteiger partial charge in [-0.25, -0.2) is 0 Å². The highest BCUT2D eigenvalue weighted by molar-refractivity contribution is 5.83. The number of nitrogens with zero attached hydrogens (tertiary/aromatic N) is 1. The minimum Gasteiger partial charge on any atom is -0.319 e. The van der Waals surface area contributed by atoms with Crippen LogP contribution in [0.1, 0.15) is 22.3 Å². The summed E-state index contributed by atoms with van der Waals surface area (Å²) in [4.78, 5) is 20.9. The molecule has 0 unspecified atom stereocenters. The molecule has 0 atom stereocenters. The second kappa shape index (κ2) is 6.55. The summed E-state index contributed by atoms with van der Waals surface area (Å²) in [6.45, 7) is 0.847. The summed E-state index contributed by atoms with van der Waals surface area (Å²) in [7, 11) is 1.86. The molecular weight excluding hydrogens is 220 g/mol. The van der Waals surface area contributed by atoms with Crippen LogP contribution in [0.3, 0.4) is 0 Å². The lowest BCUT2D eigenvalue weighted by atomic mass is 10.1. The van der Waals surface area contributed by atoms with Crippen LogP contribution in [0.25, 0.3) is 6.08 Å². The van der Waals surface area contributed by atoms with Crippen LogP contribution in [-0.2, 0) is 0 Å². The lowest BCUT2D eigenvalue weighted by molar-refractivity contribution is -0.384. The highest BCUT2D eigenvalue weighted by Gasteiger charge is 2.08. The summed E-state index contributed by atoms with van der Waals surface area (Å²) in [5.41, 5.74) is 0.959. The van der Waals surface area contributed by atoms with Gasteiger partial charge in [-0.15, -0.1) is 0 Å². The zero-order chi connectivity index (χ0) is 12.7. The van der Waals surface area contributed by atoms with Gasteiger partial charge in [-0.1, -0.05) is 12.2 Å². The van der Waals surface area contributed by atoms with E-state index in [1.165, 1.54) is 12.1 Å². The molecule has 0 aromatic heterocycles. The second-order valence-electron chi connectivity index (χ2n) is 3.48. The van der Waals surface area contributed by atoms with Crippen LogP contribution in [0.4, 0.5) is 5.69 Å². The Morgan fingerprint density at radius 2 is 2.18 bits per heavy atom. The Morgan fingerprint density at radius 1 is 1.41 bits per heavy atom. The fourth-order valence-electron chi connectivity index (χ4n) is 1.37. The van der Waals surface area contributed by atoms with Gasteiger partial charge in [0, 0.05) is 17.7 Å². The van der Waals surface area contributed by atoms with Gasteiger partial charge < -0.3 is 5.32 Å². The number of aldehydes is 1. The largest absolute Gasteiger partial charge is 0.319 e. The van der Waals surface area contributed by atoms with Crippen LogP contribution in [0.2, 0.25) is 0 Å². The van der Waals surface area contributed by atoms with E-state index in [-0.39, 0.29) is 5.69 Å². The minimum atomic E-state index is -0.512. The number of hydrogen-bond donors (Lipinski definition) is 1. The predicted octanol–water partition coefficient (Wildman–Crippen LogP) is 2.03. The first-order valence-electron chi connectivity index (χ1n) is 5.23. The van der Waals surface area contributed by atoms with Crippen molar-refractivity contribution in [3.8, 4) is 0 Å². The van der Waals surface area contributed by atoms with Gasteiger partial charge in [0.1, 0.15) is 0 Å². The molecule has 1 rings (SSSR count). The van der Waals surface area contributed by atoms with E-state index < -0.39 is 4.92 Å². The van der Waals surface area contributed by atoms with E-state index in [4.69, 9.17) is 0 Å². The molecule has 90 valence electrons. The third-order valence-corrected chi connectivity index (χ3v) is 2.27. The van der Waals surface area contributed by atoms with Crippen LogP contribution in [0.15, 0.2) is 24.3 Å². The SMILES string of the molecule is CNCCC=Cc1ccc([N+](=O)[O-])cc1C=O. The van der Waals surface area contributed by atoms with Crippen molar-refractivity contribution in [2.75, 3.05) is 13.6 Å². The molecule has 17 heavy (non-hydrogen) atoms. The summed E-state index contributed by atoms with van der Waals surface area (Å²) in [6, 6.07) is 4.26. The molecule has 0 spiro atoms. The monoisotopic (exact) mass is 234 g/mol. The zero-order valence-electron chi connectivity index (χ0n) is 9.55. The number of hydrogen-bond acceptors (Lipinski definition) is 4. The van der Waals surface area contributed by atoms with E-state index in [1.54, 1.807) is 12.1 Å². The Kier molecular flexibility index (Phi) is 5.03. The van der Waals surface area contributed by atoms with Crippen molar-refractivity contribution in [3.05, 3.63) is 45.5 Å². The average Bonchev–Trinajstić information content (AvgIpc) is 2.34. The topological polar surface area (TPSA) is 72.2 Å². The number of nitro groups is 1. The van der Waals surface area contributed by atoms with E-state index in [1.807, 2.05) is 13.1 Å². The van der Waals surface area contributed by atoms with Crippen molar-refractivity contribution in [1.29, 1.82) is 0 Å². The van der Waals surface area contributed by atoms with Gasteiger partial charge in [-0.2, -0.15) is 0 Å². The predicted molar refractivity (Wildman–Crippen MR) is 66.1 cm³/mol. The van der Waals surface area contributed by atoms with E-state index in [0.29, 0.717) is 17.4 Å². The molecule has 1 N–H and O–H groups in total. The maximum atomic E-state index is 10.8. The number of nitro benzene ring substituents is 1. The van der Waals surface area contributed by atoms with Gasteiger partial charge >= 0.3 is 0 Å². The standard InChI is InChI=1S/C12H14N2O3/c1-13-7-3-2-4-10-5-6-12(14(16)17)8-11(10)9-15/h2,4-6,8-9,13H,3,7H2,1H3. The maximum absolute atomic E-state index is 10.8. The number of non-ortho nitro benzene ring substituents is 1. The van der Waals surface area contributed by atoms with Crippen molar-refractivity contribution < 1.29 is 9.72 Å². The summed E-state index contributed by atoms with van der Waals surface area (Å²) < 4.78 is 0. The van der Waals surface area contributed by atoms with Gasteiger partial charge in [0.25, 0.3) is 5.69 Å². The molecular formula is C12H14N2O3. The van der Waals surface area contributed by atoms with E-state index >= 15 is 0 Å². The smallest absolute Gasteiger partial charge is 0.270 e. The number of carbonyl (C=O) groups is 1. The lowest BCUT2D eigenvalue weighted by Gasteiger charge is -1.99. The molecule has 0 saturated heterocycles. The molecule has 5 heteroatoms. The van der Waals surface area contributed by atoms with Crippen molar-refractivity contribution in [2.24, 2.45) is 0 Å². The Bertz CT molecular complexity index is 441. The number of rotatable bonds is 6. The Balaban J connectivity index is 2.89. The molecule has 0 aliphatic carbocycles. The van der Waals surface area contributed by atoms with Crippen LogP contribution in [-0.4, -0.2) is 24.8 Å². The number of nitrogens with one attached hydrogen (secondary N) is 1. The molecule has 1 aromatic carbocycles. The normalized spacial score (nSPS) is 10.6. The third-order valence-electron chi connectivity index (χ3n) is 2.27. The Morgan fingerprint density at radius 3 is 2.76 bits per heavy atom. The highest BCUT2D eigenvalue weighted by atomic mass is 16.6. The minimum absolute atomic E-state index is 0.0699. The Hall–Kier alpha value is -2.01. The lowest BCUT2D eigenvalue weighted by Crippen LogP contribution is -2.05. The maximum Gasteiger partial charge on any atom is 0.270 e. The van der Waals surface area contributed by atoms with Crippen LogP contribution in [0.5, 0.6) is 0 Å². The summed E-state index contributed by atoms with van der Waals surface area (Å²) in [5, 5.41) is 13.5. The molecule has 0 aliphatic rings. The van der Waals surface area contributed by atoms with Crippen molar-refractivity contribution in [2.45, 2.75) is 6.42 Å². The van der Waals surface area contributed by atoms with Crippen LogP contribution in [0, 0.1) is 10.1 Å². The van der Waals surface area contributed by atoms with Gasteiger partial charge in [0.15, 0.2) is 6.29 Å². The molecule has 0 amide bonds. The molecule has 0 bridgehead atoms. The van der Waals surface area contributed by atoms with Crippen LogP contribution >= 0.6 is 0 Å². The van der Waals surface area contributed by atoms with E-state index in [2.05, 4.69) is 5.32 Å².